The summed E-state index contributed by atoms with van der Waals surface area (Å²) in [6, 6.07) is 10.4. The maximum absolute atomic E-state index is 13.7. The molecule has 4 aromatic rings. The quantitative estimate of drug-likeness (QED) is 0.0342. The Hall–Kier alpha value is -3.52. The molecule has 0 aliphatic heterocycles. The van der Waals surface area contributed by atoms with Crippen molar-refractivity contribution in [3.8, 4) is 16.8 Å². The van der Waals surface area contributed by atoms with Gasteiger partial charge in [-0.2, -0.15) is 14.7 Å². The minimum absolute atomic E-state index is 0.0248. The third-order valence-electron chi connectivity index (χ3n) is 10.0. The molecule has 13 nitrogen and oxygen atoms in total. The summed E-state index contributed by atoms with van der Waals surface area (Å²) in [6.07, 6.45) is 7.72. The zero-order valence-corrected chi connectivity index (χ0v) is 36.5. The number of anilines is 1. The lowest BCUT2D eigenvalue weighted by atomic mass is 9.77. The third-order valence-corrected chi connectivity index (χ3v) is 13.4. The highest BCUT2D eigenvalue weighted by atomic mass is 28.3. The van der Waals surface area contributed by atoms with Gasteiger partial charge in [0.15, 0.2) is 11.2 Å². The minimum atomic E-state index is -1.32. The lowest BCUT2D eigenvalue weighted by Crippen LogP contribution is -2.46. The molecule has 1 aliphatic rings. The van der Waals surface area contributed by atoms with E-state index in [-0.39, 0.29) is 30.9 Å². The maximum atomic E-state index is 13.7. The highest BCUT2D eigenvalue weighted by Crippen LogP contribution is 2.42. The second-order valence-electron chi connectivity index (χ2n) is 17.0. The van der Waals surface area contributed by atoms with Crippen LogP contribution in [0.1, 0.15) is 37.3 Å². The van der Waals surface area contributed by atoms with Crippen molar-refractivity contribution in [2.45, 2.75) is 88.6 Å². The summed E-state index contributed by atoms with van der Waals surface area (Å²) in [4.78, 5) is 20.9. The molecule has 308 valence electrons. The molecule has 0 radical (unpaired) electrons. The van der Waals surface area contributed by atoms with E-state index in [1.165, 1.54) is 12.1 Å². The number of hydrogen-bond donors (Lipinski definition) is 0. The van der Waals surface area contributed by atoms with Crippen LogP contribution >= 0.6 is 0 Å². The molecule has 3 aromatic heterocycles. The van der Waals surface area contributed by atoms with Gasteiger partial charge in [0, 0.05) is 78.6 Å². The topological polar surface area (TPSA) is 124 Å². The lowest BCUT2D eigenvalue weighted by Gasteiger charge is -2.38. The fourth-order valence-electron chi connectivity index (χ4n) is 6.53. The SMILES string of the molecule is COCCOC(=O)C1(OCCOC)CCC(c2cc(N(COCC[Si](C)(C)C)COCC[Si](C)(C)C)n3ncc(-c4cnn(-c5ccc(F)cc5)c4)c3n2)CC1. The van der Waals surface area contributed by atoms with Crippen LogP contribution in [0.15, 0.2) is 48.9 Å². The van der Waals surface area contributed by atoms with E-state index in [4.69, 9.17) is 38.5 Å². The number of rotatable bonds is 22. The van der Waals surface area contributed by atoms with Gasteiger partial charge < -0.3 is 33.3 Å². The van der Waals surface area contributed by atoms with Crippen LogP contribution in [-0.4, -0.2) is 119 Å². The van der Waals surface area contributed by atoms with Gasteiger partial charge >= 0.3 is 5.97 Å². The fourth-order valence-corrected chi connectivity index (χ4v) is 8.05. The first kappa shape index (κ1) is 43.6. The van der Waals surface area contributed by atoms with Crippen molar-refractivity contribution in [2.24, 2.45) is 0 Å². The zero-order valence-electron chi connectivity index (χ0n) is 34.5. The minimum Gasteiger partial charge on any atom is -0.461 e. The number of methoxy groups -OCH3 is 2. The summed E-state index contributed by atoms with van der Waals surface area (Å²) in [5.41, 5.74) is 2.82. The maximum Gasteiger partial charge on any atom is 0.338 e. The summed E-state index contributed by atoms with van der Waals surface area (Å²) in [5, 5.41) is 9.47. The first-order valence-electron chi connectivity index (χ1n) is 19.6. The fraction of sp³-hybridized carbons (Fsp3) is 0.600. The molecular weight excluding hydrogens is 752 g/mol. The Morgan fingerprint density at radius 2 is 1.48 bits per heavy atom. The van der Waals surface area contributed by atoms with Crippen LogP contribution in [0.5, 0.6) is 0 Å². The van der Waals surface area contributed by atoms with E-state index in [0.29, 0.717) is 71.2 Å². The number of esters is 1. The predicted molar refractivity (Wildman–Crippen MR) is 221 cm³/mol. The van der Waals surface area contributed by atoms with Gasteiger partial charge in [-0.15, -0.1) is 0 Å². The molecule has 0 saturated heterocycles. The Kier molecular flexibility index (Phi) is 15.4. The number of benzene rings is 1. The molecule has 16 heteroatoms. The van der Waals surface area contributed by atoms with Gasteiger partial charge in [-0.05, 0) is 62.0 Å². The molecule has 0 N–H and O–H groups in total. The van der Waals surface area contributed by atoms with Crippen molar-refractivity contribution in [3.05, 3.63) is 60.4 Å². The number of fused-ring (bicyclic) bond motifs is 1. The van der Waals surface area contributed by atoms with E-state index in [9.17, 15) is 9.18 Å². The molecule has 0 spiro atoms. The van der Waals surface area contributed by atoms with Crippen molar-refractivity contribution in [1.29, 1.82) is 0 Å². The number of carbonyl (C=O) groups excluding carboxylic acids is 1. The molecule has 0 amide bonds. The van der Waals surface area contributed by atoms with Crippen LogP contribution in [-0.2, 0) is 33.2 Å². The van der Waals surface area contributed by atoms with E-state index in [1.54, 1.807) is 37.2 Å². The van der Waals surface area contributed by atoms with Gasteiger partial charge in [0.1, 0.15) is 31.7 Å². The highest BCUT2D eigenvalue weighted by Gasteiger charge is 2.45. The first-order chi connectivity index (χ1) is 26.7. The standard InChI is InChI=1S/C40H61FN6O7Si2/c1-49-17-19-53-39(48)40(54-20-18-50-2)15-13-31(14-16-40)36-25-37(45(29-51-21-23-55(3,4)5)30-52-22-24-56(6,7)8)47-38(44-36)35(27-43-47)32-26-42-46(28-32)34-11-9-33(41)10-12-34/h9-12,25-28,31H,13-24,29-30H2,1-8H3. The van der Waals surface area contributed by atoms with E-state index < -0.39 is 21.7 Å². The van der Waals surface area contributed by atoms with Crippen molar-refractivity contribution in [2.75, 3.05) is 72.2 Å². The normalized spacial score (nSPS) is 17.8. The van der Waals surface area contributed by atoms with Crippen molar-refractivity contribution in [3.63, 3.8) is 0 Å². The molecule has 0 unspecified atom stereocenters. The largest absolute Gasteiger partial charge is 0.461 e. The number of carbonyl (C=O) groups is 1. The van der Waals surface area contributed by atoms with Crippen LogP contribution < -0.4 is 4.90 Å². The molecule has 0 bridgehead atoms. The summed E-state index contributed by atoms with van der Waals surface area (Å²) in [7, 11) is 0.553. The Morgan fingerprint density at radius 3 is 2.09 bits per heavy atom. The Balaban J connectivity index is 1.51. The number of ether oxygens (including phenoxy) is 6. The van der Waals surface area contributed by atoms with E-state index in [2.05, 4.69) is 55.3 Å². The van der Waals surface area contributed by atoms with E-state index in [1.807, 2.05) is 16.9 Å². The molecule has 5 rings (SSSR count). The molecular formula is C40H61FN6O7Si2. The Labute approximate surface area is 332 Å². The van der Waals surface area contributed by atoms with Gasteiger partial charge in [0.25, 0.3) is 0 Å². The smallest absolute Gasteiger partial charge is 0.338 e. The molecule has 3 heterocycles. The van der Waals surface area contributed by atoms with Crippen LogP contribution in [0.4, 0.5) is 10.2 Å². The monoisotopic (exact) mass is 812 g/mol. The molecule has 56 heavy (non-hydrogen) atoms. The van der Waals surface area contributed by atoms with Gasteiger partial charge in [-0.25, -0.2) is 18.9 Å². The molecule has 1 saturated carbocycles. The molecule has 1 fully saturated rings. The average Bonchev–Trinajstić information content (AvgIpc) is 3.82. The van der Waals surface area contributed by atoms with Gasteiger partial charge in [-0.3, -0.25) is 0 Å². The number of aromatic nitrogens is 5. The summed E-state index contributed by atoms with van der Waals surface area (Å²) >= 11 is 0. The van der Waals surface area contributed by atoms with Gasteiger partial charge in [-0.1, -0.05) is 39.3 Å². The van der Waals surface area contributed by atoms with Crippen LogP contribution in [0.3, 0.4) is 0 Å². The average molecular weight is 813 g/mol. The Bertz CT molecular complexity index is 1810. The summed E-state index contributed by atoms with van der Waals surface area (Å²) < 4.78 is 52.2. The molecule has 0 atom stereocenters. The second kappa shape index (κ2) is 19.8. The number of nitrogens with zero attached hydrogens (tertiary/aromatic N) is 6. The third kappa shape index (κ3) is 12.0. The highest BCUT2D eigenvalue weighted by molar-refractivity contribution is 6.76. The summed E-state index contributed by atoms with van der Waals surface area (Å²) in [6.45, 7) is 17.1. The van der Waals surface area contributed by atoms with Crippen molar-refractivity contribution < 1.29 is 37.6 Å². The lowest BCUT2D eigenvalue weighted by molar-refractivity contribution is -0.180. The number of hydrogen-bond acceptors (Lipinski definition) is 11. The Morgan fingerprint density at radius 1 is 0.857 bits per heavy atom. The van der Waals surface area contributed by atoms with Crippen LogP contribution in [0.25, 0.3) is 22.5 Å². The van der Waals surface area contributed by atoms with Gasteiger partial charge in [0.2, 0.25) is 0 Å². The number of halogens is 1. The van der Waals surface area contributed by atoms with Crippen LogP contribution in [0.2, 0.25) is 51.4 Å². The van der Waals surface area contributed by atoms with E-state index >= 15 is 0 Å². The predicted octanol–water partition coefficient (Wildman–Crippen LogP) is 7.40. The van der Waals surface area contributed by atoms with Crippen LogP contribution in [0, 0.1) is 5.82 Å². The van der Waals surface area contributed by atoms with Crippen molar-refractivity contribution in [1.82, 2.24) is 24.4 Å². The van der Waals surface area contributed by atoms with Gasteiger partial charge in [0.05, 0.1) is 37.9 Å². The second-order valence-corrected chi connectivity index (χ2v) is 28.2. The summed E-state index contributed by atoms with van der Waals surface area (Å²) in [5.74, 6) is 0.143. The zero-order chi connectivity index (χ0) is 40.3. The molecule has 1 aromatic carbocycles. The molecule has 1 aliphatic carbocycles. The first-order valence-corrected chi connectivity index (χ1v) is 27.0. The van der Waals surface area contributed by atoms with Crippen molar-refractivity contribution >= 4 is 33.6 Å². The van der Waals surface area contributed by atoms with E-state index in [0.717, 1.165) is 40.4 Å².